The van der Waals surface area contributed by atoms with Crippen LogP contribution in [0.15, 0.2) is 71.6 Å². The van der Waals surface area contributed by atoms with Crippen LogP contribution in [-0.2, 0) is 27.4 Å². The van der Waals surface area contributed by atoms with Crippen LogP contribution in [0.3, 0.4) is 0 Å². The molecule has 0 unspecified atom stereocenters. The number of hydrogen-bond acceptors (Lipinski definition) is 4. The smallest absolute Gasteiger partial charge is 0.416 e. The van der Waals surface area contributed by atoms with Crippen LogP contribution >= 0.6 is 0 Å². The molecule has 0 atom stereocenters. The molecule has 0 bridgehead atoms. The molecule has 3 rings (SSSR count). The van der Waals surface area contributed by atoms with Gasteiger partial charge in [-0.2, -0.15) is 13.2 Å². The Morgan fingerprint density at radius 1 is 0.970 bits per heavy atom. The second kappa shape index (κ2) is 9.53. The Kier molecular flexibility index (Phi) is 6.97. The van der Waals surface area contributed by atoms with Crippen molar-refractivity contribution in [3.05, 3.63) is 83.4 Å². The Morgan fingerprint density at radius 3 is 2.27 bits per heavy atom. The highest BCUT2D eigenvalue weighted by Crippen LogP contribution is 2.30. The number of methoxy groups -OCH3 is 1. The van der Waals surface area contributed by atoms with Gasteiger partial charge >= 0.3 is 6.18 Å². The lowest BCUT2D eigenvalue weighted by atomic mass is 10.1. The zero-order valence-electron chi connectivity index (χ0n) is 17.7. The van der Waals surface area contributed by atoms with E-state index in [-0.39, 0.29) is 22.6 Å². The van der Waals surface area contributed by atoms with Crippen molar-refractivity contribution in [3.8, 4) is 5.75 Å². The van der Waals surface area contributed by atoms with Gasteiger partial charge in [0, 0.05) is 11.4 Å². The lowest BCUT2D eigenvalue weighted by Gasteiger charge is -2.13. The topological polar surface area (TPSA) is 84.5 Å². The van der Waals surface area contributed by atoms with Gasteiger partial charge in [0.2, 0.25) is 5.91 Å². The first kappa shape index (κ1) is 24.1. The summed E-state index contributed by atoms with van der Waals surface area (Å²) in [6.45, 7) is 1.61. The first-order valence-corrected chi connectivity index (χ1v) is 11.2. The molecular formula is C23H21F3N2O4S. The molecule has 0 heterocycles. The maximum Gasteiger partial charge on any atom is 0.416 e. The van der Waals surface area contributed by atoms with Gasteiger partial charge in [-0.25, -0.2) is 8.42 Å². The molecule has 0 aliphatic rings. The van der Waals surface area contributed by atoms with Gasteiger partial charge in [0.15, 0.2) is 0 Å². The number of amides is 1. The zero-order valence-corrected chi connectivity index (χ0v) is 18.5. The second-order valence-corrected chi connectivity index (χ2v) is 8.89. The van der Waals surface area contributed by atoms with Gasteiger partial charge < -0.3 is 10.1 Å². The Bertz CT molecular complexity index is 1260. The number of rotatable bonds is 7. The fourth-order valence-electron chi connectivity index (χ4n) is 3.08. The van der Waals surface area contributed by atoms with E-state index < -0.39 is 27.7 Å². The van der Waals surface area contributed by atoms with Crippen molar-refractivity contribution < 1.29 is 31.1 Å². The highest BCUT2D eigenvalue weighted by Gasteiger charge is 2.30. The van der Waals surface area contributed by atoms with Crippen molar-refractivity contribution in [2.24, 2.45) is 0 Å². The molecule has 3 aromatic rings. The minimum absolute atomic E-state index is 0.0461. The third kappa shape index (κ3) is 6.26. The van der Waals surface area contributed by atoms with Crippen LogP contribution in [0, 0.1) is 6.92 Å². The van der Waals surface area contributed by atoms with Crippen molar-refractivity contribution in [3.63, 3.8) is 0 Å². The first-order valence-electron chi connectivity index (χ1n) is 9.71. The highest BCUT2D eigenvalue weighted by molar-refractivity contribution is 7.92. The number of ether oxygens (including phenoxy) is 1. The molecule has 1 amide bonds. The minimum Gasteiger partial charge on any atom is -0.497 e. The molecule has 0 saturated carbocycles. The molecule has 6 nitrogen and oxygen atoms in total. The van der Waals surface area contributed by atoms with Crippen molar-refractivity contribution in [1.82, 2.24) is 0 Å². The SMILES string of the molecule is COc1ccc(NS(=O)(=O)c2cc(NC(=O)Cc3cccc(C(F)(F)F)c3)ccc2C)cc1. The largest absolute Gasteiger partial charge is 0.497 e. The number of benzene rings is 3. The number of anilines is 2. The van der Waals surface area contributed by atoms with E-state index in [4.69, 9.17) is 4.74 Å². The van der Waals surface area contributed by atoms with E-state index in [2.05, 4.69) is 10.0 Å². The summed E-state index contributed by atoms with van der Waals surface area (Å²) < 4.78 is 71.9. The van der Waals surface area contributed by atoms with Gasteiger partial charge in [-0.1, -0.05) is 24.3 Å². The predicted molar refractivity (Wildman–Crippen MR) is 119 cm³/mol. The van der Waals surface area contributed by atoms with Gasteiger partial charge in [-0.15, -0.1) is 0 Å². The van der Waals surface area contributed by atoms with E-state index in [0.717, 1.165) is 12.1 Å². The molecule has 0 saturated heterocycles. The Hall–Kier alpha value is -3.53. The Morgan fingerprint density at radius 2 is 1.64 bits per heavy atom. The molecule has 0 aromatic heterocycles. The zero-order chi connectivity index (χ0) is 24.2. The first-order chi connectivity index (χ1) is 15.5. The van der Waals surface area contributed by atoms with E-state index >= 15 is 0 Å². The molecule has 0 radical (unpaired) electrons. The highest BCUT2D eigenvalue weighted by atomic mass is 32.2. The van der Waals surface area contributed by atoms with Crippen LogP contribution in [0.25, 0.3) is 0 Å². The van der Waals surface area contributed by atoms with Gasteiger partial charge in [-0.3, -0.25) is 9.52 Å². The summed E-state index contributed by atoms with van der Waals surface area (Å²) >= 11 is 0. The van der Waals surface area contributed by atoms with E-state index in [1.54, 1.807) is 31.2 Å². The molecule has 33 heavy (non-hydrogen) atoms. The molecule has 174 valence electrons. The average molecular weight is 478 g/mol. The summed E-state index contributed by atoms with van der Waals surface area (Å²) in [5.41, 5.74) is 0.318. The van der Waals surface area contributed by atoms with Gasteiger partial charge in [0.1, 0.15) is 5.75 Å². The lowest BCUT2D eigenvalue weighted by molar-refractivity contribution is -0.137. The molecule has 0 aliphatic heterocycles. The van der Waals surface area contributed by atoms with E-state index in [1.807, 2.05) is 0 Å². The molecule has 0 aliphatic carbocycles. The summed E-state index contributed by atoms with van der Waals surface area (Å²) in [5, 5.41) is 2.54. The standard InChI is InChI=1S/C23H21F3N2O4S/c1-15-6-7-19(27-22(29)13-16-4-3-5-17(12-16)23(24,25)26)14-21(15)33(30,31)28-18-8-10-20(32-2)11-9-18/h3-12,14,28H,13H2,1-2H3,(H,27,29). The summed E-state index contributed by atoms with van der Waals surface area (Å²) in [4.78, 5) is 12.3. The average Bonchev–Trinajstić information content (AvgIpc) is 2.75. The monoisotopic (exact) mass is 478 g/mol. The summed E-state index contributed by atoms with van der Waals surface area (Å²) in [6.07, 6.45) is -4.81. The van der Waals surface area contributed by atoms with E-state index in [1.165, 1.54) is 37.4 Å². The molecular weight excluding hydrogens is 457 g/mol. The van der Waals surface area contributed by atoms with Crippen LogP contribution in [0.1, 0.15) is 16.7 Å². The number of hydrogen-bond donors (Lipinski definition) is 2. The Labute approximate surface area is 189 Å². The third-order valence-electron chi connectivity index (χ3n) is 4.72. The molecule has 2 N–H and O–H groups in total. The fourth-order valence-corrected chi connectivity index (χ4v) is 4.42. The van der Waals surface area contributed by atoms with Gasteiger partial charge in [0.25, 0.3) is 10.0 Å². The maximum atomic E-state index is 12.9. The number of sulfonamides is 1. The Balaban J connectivity index is 1.76. The van der Waals surface area contributed by atoms with E-state index in [0.29, 0.717) is 17.0 Å². The summed E-state index contributed by atoms with van der Waals surface area (Å²) in [7, 11) is -2.47. The number of carbonyl (C=O) groups excluding carboxylic acids is 1. The van der Waals surface area contributed by atoms with Crippen LogP contribution in [0.2, 0.25) is 0 Å². The minimum atomic E-state index is -4.51. The van der Waals surface area contributed by atoms with E-state index in [9.17, 15) is 26.4 Å². The molecule has 0 fully saturated rings. The summed E-state index contributed by atoms with van der Waals surface area (Å²) in [5.74, 6) is -0.00996. The number of aryl methyl sites for hydroxylation is 1. The van der Waals surface area contributed by atoms with Crippen LogP contribution < -0.4 is 14.8 Å². The van der Waals surface area contributed by atoms with Crippen LogP contribution in [-0.4, -0.2) is 21.4 Å². The quantitative estimate of drug-likeness (QED) is 0.500. The third-order valence-corrected chi connectivity index (χ3v) is 6.25. The second-order valence-electron chi connectivity index (χ2n) is 7.24. The molecule has 0 spiro atoms. The number of alkyl halides is 3. The van der Waals surface area contributed by atoms with Crippen molar-refractivity contribution in [2.45, 2.75) is 24.4 Å². The van der Waals surface area contributed by atoms with Crippen molar-refractivity contribution >= 4 is 27.3 Å². The molecule has 3 aromatic carbocycles. The van der Waals surface area contributed by atoms with Crippen LogP contribution in [0.5, 0.6) is 5.75 Å². The lowest BCUT2D eigenvalue weighted by Crippen LogP contribution is -2.17. The van der Waals surface area contributed by atoms with Crippen molar-refractivity contribution in [1.29, 1.82) is 0 Å². The van der Waals surface area contributed by atoms with Gasteiger partial charge in [0.05, 0.1) is 24.0 Å². The predicted octanol–water partition coefficient (Wildman–Crippen LogP) is 5.00. The summed E-state index contributed by atoms with van der Waals surface area (Å²) in [6, 6.07) is 15.1. The normalized spacial score (nSPS) is 11.7. The number of carbonyl (C=O) groups is 1. The fraction of sp³-hybridized carbons (Fsp3) is 0.174. The maximum absolute atomic E-state index is 12.9. The molecule has 10 heteroatoms. The number of halogens is 3. The van der Waals surface area contributed by atoms with Gasteiger partial charge in [-0.05, 0) is 60.5 Å². The number of nitrogens with one attached hydrogen (secondary N) is 2. The van der Waals surface area contributed by atoms with Crippen LogP contribution in [0.4, 0.5) is 24.5 Å². The van der Waals surface area contributed by atoms with Crippen molar-refractivity contribution in [2.75, 3.05) is 17.1 Å².